The Morgan fingerprint density at radius 2 is 2.16 bits per heavy atom. The molecular formula is C15H18N2OS. The van der Waals surface area contributed by atoms with Crippen LogP contribution in [0.15, 0.2) is 35.0 Å². The zero-order valence-electron chi connectivity index (χ0n) is 11.2. The molecule has 2 aromatic rings. The predicted octanol–water partition coefficient (Wildman–Crippen LogP) is 3.30. The third-order valence-electron chi connectivity index (χ3n) is 3.08. The average molecular weight is 274 g/mol. The molecule has 0 spiro atoms. The molecule has 3 nitrogen and oxygen atoms in total. The van der Waals surface area contributed by atoms with E-state index in [1.165, 1.54) is 0 Å². The number of hydrogen-bond donors (Lipinski definition) is 1. The molecule has 0 unspecified atom stereocenters. The number of nitrogen functional groups attached to an aromatic ring is 1. The molecule has 0 saturated carbocycles. The molecule has 1 amide bonds. The fourth-order valence-electron chi connectivity index (χ4n) is 1.99. The average Bonchev–Trinajstić information content (AvgIpc) is 2.81. The van der Waals surface area contributed by atoms with Gasteiger partial charge in [-0.3, -0.25) is 4.79 Å². The summed E-state index contributed by atoms with van der Waals surface area (Å²) in [5.41, 5.74) is 9.40. The van der Waals surface area contributed by atoms with Crippen LogP contribution < -0.4 is 5.73 Å². The first-order chi connectivity index (χ1) is 9.11. The van der Waals surface area contributed by atoms with Crippen molar-refractivity contribution < 1.29 is 4.79 Å². The third-order valence-corrected chi connectivity index (χ3v) is 3.94. The summed E-state index contributed by atoms with van der Waals surface area (Å²) in [5, 5.41) is 3.92. The number of hydrogen-bond acceptors (Lipinski definition) is 3. The number of thiophene rings is 1. The number of rotatable bonds is 4. The first-order valence-electron chi connectivity index (χ1n) is 6.28. The molecule has 4 heteroatoms. The zero-order valence-corrected chi connectivity index (χ0v) is 12.0. The summed E-state index contributed by atoms with van der Waals surface area (Å²) < 4.78 is 0. The molecule has 0 aliphatic rings. The lowest BCUT2D eigenvalue weighted by Crippen LogP contribution is -2.30. The fourth-order valence-corrected chi connectivity index (χ4v) is 2.81. The van der Waals surface area contributed by atoms with Crippen molar-refractivity contribution in [2.24, 2.45) is 0 Å². The van der Waals surface area contributed by atoms with Gasteiger partial charge in [0.15, 0.2) is 0 Å². The van der Waals surface area contributed by atoms with Crippen molar-refractivity contribution >= 4 is 22.9 Å². The van der Waals surface area contributed by atoms with Gasteiger partial charge in [-0.05, 0) is 42.5 Å². The van der Waals surface area contributed by atoms with Crippen LogP contribution in [0.1, 0.15) is 28.4 Å². The lowest BCUT2D eigenvalue weighted by Gasteiger charge is -2.21. The second kappa shape index (κ2) is 5.89. The van der Waals surface area contributed by atoms with Crippen LogP contribution >= 0.6 is 11.3 Å². The van der Waals surface area contributed by atoms with Crippen LogP contribution in [0.5, 0.6) is 0 Å². The van der Waals surface area contributed by atoms with E-state index in [0.29, 0.717) is 13.1 Å². The van der Waals surface area contributed by atoms with Gasteiger partial charge in [0.2, 0.25) is 0 Å². The van der Waals surface area contributed by atoms with Gasteiger partial charge in [-0.2, -0.15) is 11.3 Å². The Morgan fingerprint density at radius 1 is 1.37 bits per heavy atom. The van der Waals surface area contributed by atoms with Crippen molar-refractivity contribution in [2.45, 2.75) is 20.4 Å². The van der Waals surface area contributed by atoms with Crippen molar-refractivity contribution in [1.82, 2.24) is 4.90 Å². The van der Waals surface area contributed by atoms with Crippen molar-refractivity contribution in [2.75, 3.05) is 12.3 Å². The number of aryl methyl sites for hydroxylation is 1. The van der Waals surface area contributed by atoms with E-state index in [2.05, 4.69) is 0 Å². The van der Waals surface area contributed by atoms with Crippen LogP contribution in [-0.2, 0) is 6.54 Å². The summed E-state index contributed by atoms with van der Waals surface area (Å²) in [6.07, 6.45) is 0. The number of nitrogens with zero attached hydrogens (tertiary/aromatic N) is 1. The van der Waals surface area contributed by atoms with Gasteiger partial charge >= 0.3 is 0 Å². The zero-order chi connectivity index (χ0) is 13.8. The van der Waals surface area contributed by atoms with E-state index in [1.807, 2.05) is 53.8 Å². The fraction of sp³-hybridized carbons (Fsp3) is 0.267. The van der Waals surface area contributed by atoms with E-state index in [9.17, 15) is 4.79 Å². The number of carbonyl (C=O) groups excluding carboxylic acids is 1. The molecule has 100 valence electrons. The quantitative estimate of drug-likeness (QED) is 0.869. The maximum atomic E-state index is 12.4. The highest BCUT2D eigenvalue weighted by molar-refractivity contribution is 7.08. The van der Waals surface area contributed by atoms with Gasteiger partial charge in [0.25, 0.3) is 5.91 Å². The molecule has 2 rings (SSSR count). The molecule has 0 radical (unpaired) electrons. The molecule has 0 aliphatic carbocycles. The van der Waals surface area contributed by atoms with E-state index in [1.54, 1.807) is 11.3 Å². The highest BCUT2D eigenvalue weighted by Gasteiger charge is 2.17. The normalized spacial score (nSPS) is 10.4. The second-order valence-electron chi connectivity index (χ2n) is 4.53. The number of carbonyl (C=O) groups is 1. The minimum atomic E-state index is 0.0867. The minimum absolute atomic E-state index is 0.0867. The monoisotopic (exact) mass is 274 g/mol. The Bertz CT molecular complexity index is 577. The van der Waals surface area contributed by atoms with Gasteiger partial charge in [-0.25, -0.2) is 0 Å². The van der Waals surface area contributed by atoms with Crippen LogP contribution in [0.3, 0.4) is 0 Å². The van der Waals surface area contributed by atoms with Crippen LogP contribution in [0.4, 0.5) is 5.69 Å². The molecule has 0 fully saturated rings. The smallest absolute Gasteiger partial charge is 0.255 e. The Labute approximate surface area is 117 Å². The van der Waals surface area contributed by atoms with Crippen molar-refractivity contribution in [3.63, 3.8) is 0 Å². The maximum absolute atomic E-state index is 12.4. The molecule has 1 aromatic heterocycles. The first-order valence-corrected chi connectivity index (χ1v) is 7.22. The van der Waals surface area contributed by atoms with Gasteiger partial charge in [0, 0.05) is 24.2 Å². The van der Waals surface area contributed by atoms with E-state index in [4.69, 9.17) is 5.73 Å². The van der Waals surface area contributed by atoms with Crippen LogP contribution in [0.25, 0.3) is 0 Å². The Balaban J connectivity index is 2.17. The summed E-state index contributed by atoms with van der Waals surface area (Å²) in [7, 11) is 0. The molecular weight excluding hydrogens is 256 g/mol. The third kappa shape index (κ3) is 3.15. The summed E-state index contributed by atoms with van der Waals surface area (Å²) in [4.78, 5) is 14.3. The van der Waals surface area contributed by atoms with Crippen LogP contribution in [-0.4, -0.2) is 17.4 Å². The van der Waals surface area contributed by atoms with Crippen molar-refractivity contribution in [1.29, 1.82) is 0 Å². The van der Waals surface area contributed by atoms with Gasteiger partial charge in [-0.1, -0.05) is 12.1 Å². The lowest BCUT2D eigenvalue weighted by atomic mass is 10.1. The number of nitrogens with two attached hydrogens (primary N) is 1. The highest BCUT2D eigenvalue weighted by Crippen LogP contribution is 2.18. The van der Waals surface area contributed by atoms with Gasteiger partial charge in [-0.15, -0.1) is 0 Å². The SMILES string of the molecule is CCN(Cc1cccc(N)c1)C(=O)c1cscc1C. The molecule has 2 N–H and O–H groups in total. The summed E-state index contributed by atoms with van der Waals surface area (Å²) in [5.74, 6) is 0.0867. The van der Waals surface area contributed by atoms with E-state index >= 15 is 0 Å². The van der Waals surface area contributed by atoms with E-state index in [0.717, 1.165) is 22.4 Å². The van der Waals surface area contributed by atoms with Crippen LogP contribution in [0, 0.1) is 6.92 Å². The summed E-state index contributed by atoms with van der Waals surface area (Å²) in [6.45, 7) is 5.24. The molecule has 0 aliphatic heterocycles. The largest absolute Gasteiger partial charge is 0.399 e. The summed E-state index contributed by atoms with van der Waals surface area (Å²) >= 11 is 1.56. The maximum Gasteiger partial charge on any atom is 0.255 e. The van der Waals surface area contributed by atoms with Crippen LogP contribution in [0.2, 0.25) is 0 Å². The molecule has 0 saturated heterocycles. The minimum Gasteiger partial charge on any atom is -0.399 e. The Morgan fingerprint density at radius 3 is 2.74 bits per heavy atom. The lowest BCUT2D eigenvalue weighted by molar-refractivity contribution is 0.0752. The summed E-state index contributed by atoms with van der Waals surface area (Å²) in [6, 6.07) is 7.67. The van der Waals surface area contributed by atoms with Gasteiger partial charge in [0.1, 0.15) is 0 Å². The topological polar surface area (TPSA) is 46.3 Å². The van der Waals surface area contributed by atoms with Gasteiger partial charge < -0.3 is 10.6 Å². The number of benzene rings is 1. The molecule has 1 aromatic carbocycles. The molecule has 0 bridgehead atoms. The Kier molecular flexibility index (Phi) is 4.22. The van der Waals surface area contributed by atoms with Crippen molar-refractivity contribution in [3.8, 4) is 0 Å². The first kappa shape index (κ1) is 13.6. The van der Waals surface area contributed by atoms with Gasteiger partial charge in [0.05, 0.1) is 5.56 Å². The standard InChI is InChI=1S/C15H18N2OS/c1-3-17(8-12-5-4-6-13(16)7-12)15(18)14-10-19-9-11(14)2/h4-7,9-10H,3,8,16H2,1-2H3. The van der Waals surface area contributed by atoms with E-state index < -0.39 is 0 Å². The second-order valence-corrected chi connectivity index (χ2v) is 5.28. The number of anilines is 1. The predicted molar refractivity (Wildman–Crippen MR) is 80.3 cm³/mol. The van der Waals surface area contributed by atoms with Crippen molar-refractivity contribution in [3.05, 3.63) is 51.7 Å². The molecule has 1 heterocycles. The Hall–Kier alpha value is -1.81. The highest BCUT2D eigenvalue weighted by atomic mass is 32.1. The molecule has 0 atom stereocenters. The molecule has 19 heavy (non-hydrogen) atoms. The van der Waals surface area contributed by atoms with E-state index in [-0.39, 0.29) is 5.91 Å². The number of amides is 1.